The predicted molar refractivity (Wildman–Crippen MR) is 68.4 cm³/mol. The van der Waals surface area contributed by atoms with Crippen LogP contribution in [0.3, 0.4) is 0 Å². The standard InChI is InChI=1S/C15H16.FH/c1-2-6-13-9-11-15(12-10-13)14-7-4-3-5-8-14;/h3-5,7-12H,2,6H2,1H3;1H. The number of hydrogen-bond donors (Lipinski definition) is 0. The van der Waals surface area contributed by atoms with E-state index in [2.05, 4.69) is 61.5 Å². The number of aryl methyl sites for hydroxylation is 1. The van der Waals surface area contributed by atoms with Gasteiger partial charge in [-0.1, -0.05) is 67.9 Å². The lowest BCUT2D eigenvalue weighted by Crippen LogP contribution is -1.83. The molecule has 16 heavy (non-hydrogen) atoms. The summed E-state index contributed by atoms with van der Waals surface area (Å²) in [4.78, 5) is 0. The van der Waals surface area contributed by atoms with Crippen LogP contribution in [0.5, 0.6) is 0 Å². The summed E-state index contributed by atoms with van der Waals surface area (Å²) in [6, 6.07) is 19.4. The first-order valence-corrected chi connectivity index (χ1v) is 5.54. The molecule has 0 aromatic heterocycles. The highest BCUT2D eigenvalue weighted by atomic mass is 19.0. The Hall–Kier alpha value is -1.63. The fraction of sp³-hybridized carbons (Fsp3) is 0.200. The van der Waals surface area contributed by atoms with Crippen molar-refractivity contribution in [3.8, 4) is 11.1 Å². The first-order valence-electron chi connectivity index (χ1n) is 5.54. The van der Waals surface area contributed by atoms with Crippen LogP contribution in [0.2, 0.25) is 0 Å². The van der Waals surface area contributed by atoms with E-state index in [4.69, 9.17) is 0 Å². The Labute approximate surface area is 96.3 Å². The van der Waals surface area contributed by atoms with Crippen molar-refractivity contribution >= 4 is 0 Å². The molecule has 0 spiro atoms. The molecule has 1 heteroatoms. The molecule has 0 aliphatic carbocycles. The number of benzene rings is 2. The Balaban J connectivity index is 0.00000128. The largest absolute Gasteiger partial charge is 0.269 e. The minimum atomic E-state index is 0. The van der Waals surface area contributed by atoms with Crippen LogP contribution in [-0.4, -0.2) is 0 Å². The van der Waals surface area contributed by atoms with Gasteiger partial charge in [0.1, 0.15) is 0 Å². The zero-order valence-electron chi connectivity index (χ0n) is 9.52. The van der Waals surface area contributed by atoms with Crippen LogP contribution in [0, 0.1) is 0 Å². The third-order valence-electron chi connectivity index (χ3n) is 2.60. The van der Waals surface area contributed by atoms with Gasteiger partial charge in [-0.2, -0.15) is 0 Å². The summed E-state index contributed by atoms with van der Waals surface area (Å²) in [5.41, 5.74) is 4.02. The molecule has 0 bridgehead atoms. The van der Waals surface area contributed by atoms with Gasteiger partial charge in [-0.25, -0.2) is 0 Å². The number of hydrogen-bond acceptors (Lipinski definition) is 0. The molecule has 0 saturated heterocycles. The van der Waals surface area contributed by atoms with Crippen LogP contribution in [0.4, 0.5) is 4.70 Å². The minimum Gasteiger partial charge on any atom is -0.269 e. The van der Waals surface area contributed by atoms with E-state index in [0.717, 1.165) is 0 Å². The van der Waals surface area contributed by atoms with Gasteiger partial charge in [0.05, 0.1) is 0 Å². The molecule has 0 nitrogen and oxygen atoms in total. The van der Waals surface area contributed by atoms with Crippen LogP contribution in [0.15, 0.2) is 54.6 Å². The van der Waals surface area contributed by atoms with Gasteiger partial charge in [-0.05, 0) is 23.1 Å². The van der Waals surface area contributed by atoms with E-state index in [0.29, 0.717) is 0 Å². The van der Waals surface area contributed by atoms with Gasteiger partial charge in [0.2, 0.25) is 0 Å². The maximum Gasteiger partial charge on any atom is -0.0184 e. The smallest absolute Gasteiger partial charge is 0.0184 e. The molecule has 0 atom stereocenters. The summed E-state index contributed by atoms with van der Waals surface area (Å²) in [5.74, 6) is 0. The average Bonchev–Trinajstić information content (AvgIpc) is 2.32. The molecular weight excluding hydrogens is 199 g/mol. The van der Waals surface area contributed by atoms with E-state index in [1.165, 1.54) is 29.5 Å². The lowest BCUT2D eigenvalue weighted by molar-refractivity contribution is 0.922. The van der Waals surface area contributed by atoms with E-state index >= 15 is 0 Å². The maximum atomic E-state index is 2.23. The van der Waals surface area contributed by atoms with Crippen LogP contribution in [-0.2, 0) is 6.42 Å². The van der Waals surface area contributed by atoms with Crippen molar-refractivity contribution in [2.75, 3.05) is 0 Å². The molecule has 84 valence electrons. The van der Waals surface area contributed by atoms with Gasteiger partial charge in [0, 0.05) is 0 Å². The van der Waals surface area contributed by atoms with E-state index in [1.807, 2.05) is 0 Å². The van der Waals surface area contributed by atoms with Crippen molar-refractivity contribution in [2.24, 2.45) is 0 Å². The van der Waals surface area contributed by atoms with Crippen molar-refractivity contribution in [1.82, 2.24) is 0 Å². The number of halogens is 1. The Morgan fingerprint density at radius 1 is 0.750 bits per heavy atom. The maximum absolute atomic E-state index is 2.23. The average molecular weight is 216 g/mol. The second kappa shape index (κ2) is 6.06. The van der Waals surface area contributed by atoms with Crippen molar-refractivity contribution in [3.05, 3.63) is 60.2 Å². The van der Waals surface area contributed by atoms with E-state index in [1.54, 1.807) is 0 Å². The molecule has 0 saturated carbocycles. The second-order valence-corrected chi connectivity index (χ2v) is 3.81. The van der Waals surface area contributed by atoms with E-state index in [9.17, 15) is 0 Å². The van der Waals surface area contributed by atoms with Crippen LogP contribution < -0.4 is 0 Å². The van der Waals surface area contributed by atoms with E-state index < -0.39 is 0 Å². The molecule has 2 aromatic rings. The SMILES string of the molecule is CCCc1ccc(-c2ccccc2)cc1.F. The lowest BCUT2D eigenvalue weighted by atomic mass is 10.0. The van der Waals surface area contributed by atoms with Gasteiger partial charge in [0.25, 0.3) is 0 Å². The fourth-order valence-corrected chi connectivity index (χ4v) is 1.78. The second-order valence-electron chi connectivity index (χ2n) is 3.81. The Morgan fingerprint density at radius 3 is 1.88 bits per heavy atom. The molecule has 0 heterocycles. The highest BCUT2D eigenvalue weighted by Crippen LogP contribution is 2.19. The van der Waals surface area contributed by atoms with Gasteiger partial charge in [-0.3, -0.25) is 4.70 Å². The van der Waals surface area contributed by atoms with Gasteiger partial charge in [0.15, 0.2) is 0 Å². The molecular formula is C15H17F. The molecule has 2 aromatic carbocycles. The summed E-state index contributed by atoms with van der Waals surface area (Å²) >= 11 is 0. The van der Waals surface area contributed by atoms with E-state index in [-0.39, 0.29) is 4.70 Å². The Kier molecular flexibility index (Phi) is 4.71. The van der Waals surface area contributed by atoms with Gasteiger partial charge >= 0.3 is 0 Å². The van der Waals surface area contributed by atoms with Crippen LogP contribution >= 0.6 is 0 Å². The topological polar surface area (TPSA) is 0 Å². The van der Waals surface area contributed by atoms with Crippen molar-refractivity contribution < 1.29 is 4.70 Å². The zero-order chi connectivity index (χ0) is 10.5. The quantitative estimate of drug-likeness (QED) is 0.710. The van der Waals surface area contributed by atoms with Crippen molar-refractivity contribution in [3.63, 3.8) is 0 Å². The molecule has 0 aliphatic rings. The highest BCUT2D eigenvalue weighted by Gasteiger charge is 1.96. The van der Waals surface area contributed by atoms with Crippen LogP contribution in [0.25, 0.3) is 11.1 Å². The van der Waals surface area contributed by atoms with Crippen molar-refractivity contribution in [2.45, 2.75) is 19.8 Å². The molecule has 0 unspecified atom stereocenters. The van der Waals surface area contributed by atoms with Crippen molar-refractivity contribution in [1.29, 1.82) is 0 Å². The summed E-state index contributed by atoms with van der Waals surface area (Å²) in [6.07, 6.45) is 2.39. The molecule has 0 amide bonds. The minimum absolute atomic E-state index is 0. The third kappa shape index (κ3) is 2.93. The molecule has 0 aliphatic heterocycles. The lowest BCUT2D eigenvalue weighted by Gasteiger charge is -2.03. The normalized spacial score (nSPS) is 9.56. The fourth-order valence-electron chi connectivity index (χ4n) is 1.78. The van der Waals surface area contributed by atoms with Gasteiger partial charge < -0.3 is 0 Å². The predicted octanol–water partition coefficient (Wildman–Crippen LogP) is 4.46. The summed E-state index contributed by atoms with van der Waals surface area (Å²) in [7, 11) is 0. The first kappa shape index (κ1) is 12.4. The molecule has 0 fully saturated rings. The summed E-state index contributed by atoms with van der Waals surface area (Å²) in [6.45, 7) is 2.21. The monoisotopic (exact) mass is 216 g/mol. The third-order valence-corrected chi connectivity index (χ3v) is 2.60. The molecule has 0 radical (unpaired) electrons. The molecule has 0 N–H and O–H groups in total. The molecule has 2 rings (SSSR count). The zero-order valence-corrected chi connectivity index (χ0v) is 9.52. The Morgan fingerprint density at radius 2 is 1.31 bits per heavy atom. The summed E-state index contributed by atoms with van der Waals surface area (Å²) < 4.78 is 0. The Bertz CT molecular complexity index is 403. The van der Waals surface area contributed by atoms with Crippen LogP contribution in [0.1, 0.15) is 18.9 Å². The summed E-state index contributed by atoms with van der Waals surface area (Å²) in [5, 5.41) is 0. The number of rotatable bonds is 3. The first-order chi connectivity index (χ1) is 7.40. The van der Waals surface area contributed by atoms with Gasteiger partial charge in [-0.15, -0.1) is 0 Å². The highest BCUT2D eigenvalue weighted by molar-refractivity contribution is 5.63.